The lowest BCUT2D eigenvalue weighted by Crippen LogP contribution is -2.27. The number of carbonyl (C=O) groups excluding carboxylic acids is 2. The average molecular weight is 391 g/mol. The van der Waals surface area contributed by atoms with E-state index in [1.807, 2.05) is 30.3 Å². The van der Waals surface area contributed by atoms with E-state index in [1.165, 1.54) is 18.5 Å². The summed E-state index contributed by atoms with van der Waals surface area (Å²) in [6.45, 7) is 0.784. The molecule has 3 aromatic rings. The van der Waals surface area contributed by atoms with Crippen LogP contribution in [-0.2, 0) is 4.74 Å². The Morgan fingerprint density at radius 2 is 1.55 bits per heavy atom. The van der Waals surface area contributed by atoms with Crippen LogP contribution in [0.5, 0.6) is 11.5 Å². The summed E-state index contributed by atoms with van der Waals surface area (Å²) in [5, 5.41) is 5.47. The highest BCUT2D eigenvalue weighted by Gasteiger charge is 2.11. The predicted molar refractivity (Wildman–Crippen MR) is 109 cm³/mol. The maximum Gasteiger partial charge on any atom is 0.257 e. The van der Waals surface area contributed by atoms with E-state index in [2.05, 4.69) is 15.6 Å². The molecule has 148 valence electrons. The van der Waals surface area contributed by atoms with Crippen LogP contribution in [0.1, 0.15) is 20.7 Å². The molecule has 0 aliphatic carbocycles. The summed E-state index contributed by atoms with van der Waals surface area (Å²) in [5.41, 5.74) is 1.19. The molecule has 29 heavy (non-hydrogen) atoms. The van der Waals surface area contributed by atoms with Crippen molar-refractivity contribution in [2.45, 2.75) is 0 Å². The van der Waals surface area contributed by atoms with E-state index in [-0.39, 0.29) is 17.4 Å². The molecule has 0 atom stereocenters. The van der Waals surface area contributed by atoms with Gasteiger partial charge in [0, 0.05) is 31.7 Å². The number of methoxy groups -OCH3 is 1. The SMILES string of the molecule is COCCNC(=O)c1cncc(C(=O)Nc2ccc(Oc3ccccc3)cc2)c1. The summed E-state index contributed by atoms with van der Waals surface area (Å²) in [5.74, 6) is 0.717. The third-order valence-electron chi connectivity index (χ3n) is 3.95. The number of aromatic nitrogens is 1. The Hall–Kier alpha value is -3.71. The average Bonchev–Trinajstić information content (AvgIpc) is 2.76. The fourth-order valence-corrected chi connectivity index (χ4v) is 2.49. The molecule has 7 nitrogen and oxygen atoms in total. The van der Waals surface area contributed by atoms with Crippen LogP contribution in [0.25, 0.3) is 0 Å². The smallest absolute Gasteiger partial charge is 0.257 e. The zero-order valence-electron chi connectivity index (χ0n) is 15.9. The monoisotopic (exact) mass is 391 g/mol. The number of rotatable bonds is 8. The van der Waals surface area contributed by atoms with Gasteiger partial charge in [0.05, 0.1) is 17.7 Å². The fraction of sp³-hybridized carbons (Fsp3) is 0.136. The minimum atomic E-state index is -0.360. The van der Waals surface area contributed by atoms with Gasteiger partial charge < -0.3 is 20.1 Å². The van der Waals surface area contributed by atoms with Crippen LogP contribution < -0.4 is 15.4 Å². The summed E-state index contributed by atoms with van der Waals surface area (Å²) in [7, 11) is 1.55. The standard InChI is InChI=1S/C22H21N3O4/c1-28-12-11-24-21(26)16-13-17(15-23-14-16)22(27)25-18-7-9-20(10-8-18)29-19-5-3-2-4-6-19/h2-10,13-15H,11-12H2,1H3,(H,24,26)(H,25,27). The van der Waals surface area contributed by atoms with Crippen molar-refractivity contribution in [3.63, 3.8) is 0 Å². The Bertz CT molecular complexity index is 959. The number of hydrogen-bond donors (Lipinski definition) is 2. The number of anilines is 1. The quantitative estimate of drug-likeness (QED) is 0.574. The van der Waals surface area contributed by atoms with Gasteiger partial charge in [-0.15, -0.1) is 0 Å². The van der Waals surface area contributed by atoms with Gasteiger partial charge in [0.25, 0.3) is 11.8 Å². The largest absolute Gasteiger partial charge is 0.457 e. The molecule has 0 aliphatic rings. The molecule has 7 heteroatoms. The molecule has 2 amide bonds. The zero-order valence-corrected chi connectivity index (χ0v) is 15.9. The number of amides is 2. The Kier molecular flexibility index (Phi) is 6.91. The van der Waals surface area contributed by atoms with Gasteiger partial charge in [-0.1, -0.05) is 18.2 Å². The van der Waals surface area contributed by atoms with Crippen molar-refractivity contribution in [2.24, 2.45) is 0 Å². The van der Waals surface area contributed by atoms with E-state index in [0.717, 1.165) is 5.75 Å². The second-order valence-electron chi connectivity index (χ2n) is 6.10. The van der Waals surface area contributed by atoms with Gasteiger partial charge in [-0.05, 0) is 42.5 Å². The topological polar surface area (TPSA) is 89.5 Å². The van der Waals surface area contributed by atoms with Crippen LogP contribution in [0.4, 0.5) is 5.69 Å². The molecule has 0 saturated carbocycles. The Labute approximate surface area is 168 Å². The van der Waals surface area contributed by atoms with Gasteiger partial charge in [0.15, 0.2) is 0 Å². The van der Waals surface area contributed by atoms with E-state index in [0.29, 0.717) is 30.2 Å². The zero-order chi connectivity index (χ0) is 20.5. The van der Waals surface area contributed by atoms with Gasteiger partial charge in [-0.2, -0.15) is 0 Å². The number of benzene rings is 2. The number of ether oxygens (including phenoxy) is 2. The Balaban J connectivity index is 1.61. The van der Waals surface area contributed by atoms with Crippen molar-refractivity contribution in [2.75, 3.05) is 25.6 Å². The summed E-state index contributed by atoms with van der Waals surface area (Å²) in [6, 6.07) is 17.9. The molecular weight excluding hydrogens is 370 g/mol. The predicted octanol–water partition coefficient (Wildman–Crippen LogP) is 3.50. The molecule has 0 aliphatic heterocycles. The molecule has 1 aromatic heterocycles. The Morgan fingerprint density at radius 1 is 0.897 bits per heavy atom. The molecule has 1 heterocycles. The second kappa shape index (κ2) is 10.0. The van der Waals surface area contributed by atoms with E-state index in [1.54, 1.807) is 31.4 Å². The van der Waals surface area contributed by atoms with Crippen molar-refractivity contribution < 1.29 is 19.1 Å². The molecule has 0 fully saturated rings. The lowest BCUT2D eigenvalue weighted by molar-refractivity contribution is 0.0936. The summed E-state index contributed by atoms with van der Waals surface area (Å²) in [4.78, 5) is 28.6. The van der Waals surface area contributed by atoms with E-state index < -0.39 is 0 Å². The number of carbonyl (C=O) groups is 2. The minimum Gasteiger partial charge on any atom is -0.457 e. The van der Waals surface area contributed by atoms with Crippen LogP contribution in [-0.4, -0.2) is 37.1 Å². The molecule has 3 rings (SSSR count). The third kappa shape index (κ3) is 5.88. The highest BCUT2D eigenvalue weighted by molar-refractivity contribution is 6.05. The normalized spacial score (nSPS) is 10.2. The van der Waals surface area contributed by atoms with Crippen LogP contribution in [0.15, 0.2) is 73.1 Å². The fourth-order valence-electron chi connectivity index (χ4n) is 2.49. The van der Waals surface area contributed by atoms with Crippen molar-refractivity contribution >= 4 is 17.5 Å². The third-order valence-corrected chi connectivity index (χ3v) is 3.95. The van der Waals surface area contributed by atoms with Crippen molar-refractivity contribution in [1.29, 1.82) is 0 Å². The second-order valence-corrected chi connectivity index (χ2v) is 6.10. The summed E-state index contributed by atoms with van der Waals surface area (Å²) in [6.07, 6.45) is 2.82. The van der Waals surface area contributed by atoms with E-state index in [9.17, 15) is 9.59 Å². The molecule has 0 spiro atoms. The Morgan fingerprint density at radius 3 is 2.24 bits per heavy atom. The maximum absolute atomic E-state index is 12.5. The van der Waals surface area contributed by atoms with E-state index in [4.69, 9.17) is 9.47 Å². The first-order chi connectivity index (χ1) is 14.2. The van der Waals surface area contributed by atoms with Gasteiger partial charge in [0.1, 0.15) is 11.5 Å². The van der Waals surface area contributed by atoms with Crippen molar-refractivity contribution in [3.05, 3.63) is 84.2 Å². The molecule has 0 bridgehead atoms. The molecular formula is C22H21N3O4. The minimum absolute atomic E-state index is 0.286. The van der Waals surface area contributed by atoms with Crippen LogP contribution in [0.2, 0.25) is 0 Å². The number of para-hydroxylation sites is 1. The number of nitrogens with one attached hydrogen (secondary N) is 2. The first-order valence-electron chi connectivity index (χ1n) is 9.02. The van der Waals surface area contributed by atoms with Crippen LogP contribution in [0, 0.1) is 0 Å². The number of hydrogen-bond acceptors (Lipinski definition) is 5. The lowest BCUT2D eigenvalue weighted by Gasteiger charge is -2.09. The molecule has 2 aromatic carbocycles. The molecule has 0 saturated heterocycles. The van der Waals surface area contributed by atoms with Crippen molar-refractivity contribution in [3.8, 4) is 11.5 Å². The van der Waals surface area contributed by atoms with Crippen LogP contribution >= 0.6 is 0 Å². The molecule has 0 radical (unpaired) electrons. The van der Waals surface area contributed by atoms with Gasteiger partial charge in [0.2, 0.25) is 0 Å². The first kappa shape index (κ1) is 20.0. The number of nitrogens with zero attached hydrogens (tertiary/aromatic N) is 1. The first-order valence-corrected chi connectivity index (χ1v) is 9.02. The lowest BCUT2D eigenvalue weighted by atomic mass is 10.2. The van der Waals surface area contributed by atoms with Gasteiger partial charge in [-0.25, -0.2) is 0 Å². The summed E-state index contributed by atoms with van der Waals surface area (Å²) < 4.78 is 10.6. The van der Waals surface area contributed by atoms with Gasteiger partial charge >= 0.3 is 0 Å². The molecule has 2 N–H and O–H groups in total. The summed E-state index contributed by atoms with van der Waals surface area (Å²) >= 11 is 0. The van der Waals surface area contributed by atoms with E-state index >= 15 is 0 Å². The van der Waals surface area contributed by atoms with Crippen LogP contribution in [0.3, 0.4) is 0 Å². The maximum atomic E-state index is 12.5. The highest BCUT2D eigenvalue weighted by atomic mass is 16.5. The molecule has 0 unspecified atom stereocenters. The van der Waals surface area contributed by atoms with Gasteiger partial charge in [-0.3, -0.25) is 14.6 Å². The highest BCUT2D eigenvalue weighted by Crippen LogP contribution is 2.22. The number of pyridine rings is 1. The van der Waals surface area contributed by atoms with Crippen molar-refractivity contribution in [1.82, 2.24) is 10.3 Å².